The van der Waals surface area contributed by atoms with Gasteiger partial charge in [-0.3, -0.25) is 4.90 Å². The fourth-order valence-corrected chi connectivity index (χ4v) is 4.38. The minimum absolute atomic E-state index is 0.104. The third-order valence-electron chi connectivity index (χ3n) is 6.11. The monoisotopic (exact) mass is 388 g/mol. The van der Waals surface area contributed by atoms with E-state index in [1.165, 1.54) is 32.1 Å². The van der Waals surface area contributed by atoms with Gasteiger partial charge in [0.25, 0.3) is 0 Å². The van der Waals surface area contributed by atoms with E-state index >= 15 is 0 Å². The highest BCUT2D eigenvalue weighted by Gasteiger charge is 2.46. The maximum absolute atomic E-state index is 6.57. The van der Waals surface area contributed by atoms with Crippen LogP contribution in [0.15, 0.2) is 24.3 Å². The molecule has 2 aliphatic heterocycles. The lowest BCUT2D eigenvalue weighted by Gasteiger charge is -2.52. The number of nitrogens with one attached hydrogen (secondary N) is 1. The first-order valence-corrected chi connectivity index (χ1v) is 11.0. The number of hydrogen-bond donors (Lipinski definition) is 2. The first-order valence-electron chi connectivity index (χ1n) is 11.0. The number of nitrogen functional groups attached to an aromatic ring is 1. The number of benzene rings is 1. The van der Waals surface area contributed by atoms with Gasteiger partial charge in [-0.2, -0.15) is 0 Å². The maximum atomic E-state index is 6.57. The molecule has 5 nitrogen and oxygen atoms in total. The van der Waals surface area contributed by atoms with Crippen LogP contribution in [0, 0.1) is 12.3 Å². The molecule has 0 saturated carbocycles. The topological polar surface area (TPSA) is 59.8 Å². The van der Waals surface area contributed by atoms with E-state index < -0.39 is 0 Å². The van der Waals surface area contributed by atoms with Crippen LogP contribution in [0.4, 0.5) is 5.69 Å². The molecule has 3 rings (SSSR count). The average molecular weight is 389 g/mol. The summed E-state index contributed by atoms with van der Waals surface area (Å²) >= 11 is 0. The van der Waals surface area contributed by atoms with Gasteiger partial charge >= 0.3 is 0 Å². The number of hydrogen-bond acceptors (Lipinski definition) is 5. The zero-order chi connectivity index (χ0) is 19.8. The molecule has 2 aliphatic rings. The van der Waals surface area contributed by atoms with Crippen molar-refractivity contribution in [1.82, 2.24) is 10.2 Å². The van der Waals surface area contributed by atoms with Gasteiger partial charge in [-0.05, 0) is 43.0 Å². The van der Waals surface area contributed by atoms with Crippen LogP contribution in [0.3, 0.4) is 0 Å². The third-order valence-corrected chi connectivity index (χ3v) is 6.11. The lowest BCUT2D eigenvalue weighted by atomic mass is 9.81. The van der Waals surface area contributed by atoms with Gasteiger partial charge in [0.05, 0.1) is 11.7 Å². The molecule has 2 bridgehead atoms. The van der Waals surface area contributed by atoms with Crippen molar-refractivity contribution in [2.24, 2.45) is 5.92 Å². The van der Waals surface area contributed by atoms with Gasteiger partial charge in [-0.1, -0.05) is 39.5 Å². The van der Waals surface area contributed by atoms with Crippen molar-refractivity contribution in [3.8, 4) is 5.75 Å². The molecule has 28 heavy (non-hydrogen) atoms. The predicted octanol–water partition coefficient (Wildman–Crippen LogP) is 3.50. The van der Waals surface area contributed by atoms with Gasteiger partial charge in [0.15, 0.2) is 0 Å². The Morgan fingerprint density at radius 1 is 1.32 bits per heavy atom. The molecule has 0 amide bonds. The Labute approximate surface area is 171 Å². The predicted molar refractivity (Wildman–Crippen MR) is 115 cm³/mol. The van der Waals surface area contributed by atoms with Crippen LogP contribution in [0.2, 0.25) is 0 Å². The SMILES string of the molecule is CCCCCC[CH]C(C)C12CNCC(CN(CCOc3ccc(N)cc3)C1)O2. The zero-order valence-corrected chi connectivity index (χ0v) is 17.7. The van der Waals surface area contributed by atoms with E-state index in [4.69, 9.17) is 15.2 Å². The second kappa shape index (κ2) is 10.5. The molecule has 3 atom stereocenters. The van der Waals surface area contributed by atoms with Gasteiger partial charge in [0, 0.05) is 38.4 Å². The molecule has 0 spiro atoms. The standard InChI is InChI=1S/C23H38N3O2/c1-3-4-5-6-7-8-19(2)23-17-25-15-22(28-23)16-26(18-23)13-14-27-21-11-9-20(24)10-12-21/h8-12,19,22,25H,3-7,13-18,24H2,1-2H3. The van der Waals surface area contributed by atoms with Crippen molar-refractivity contribution in [1.29, 1.82) is 0 Å². The average Bonchev–Trinajstić information content (AvgIpc) is 2.69. The minimum atomic E-state index is -0.104. The van der Waals surface area contributed by atoms with E-state index in [1.54, 1.807) is 0 Å². The molecular weight excluding hydrogens is 350 g/mol. The molecule has 1 radical (unpaired) electrons. The Hall–Kier alpha value is -1.30. The number of nitrogens with two attached hydrogens (primary N) is 1. The van der Waals surface area contributed by atoms with E-state index in [0.29, 0.717) is 12.5 Å². The largest absolute Gasteiger partial charge is 0.492 e. The number of nitrogens with zero attached hydrogens (tertiary/aromatic N) is 1. The zero-order valence-electron chi connectivity index (χ0n) is 17.7. The molecule has 2 heterocycles. The Morgan fingerprint density at radius 2 is 2.14 bits per heavy atom. The second-order valence-corrected chi connectivity index (χ2v) is 8.46. The van der Waals surface area contributed by atoms with Crippen LogP contribution >= 0.6 is 0 Å². The Bertz CT molecular complexity index is 580. The molecular formula is C23H38N3O2. The number of ether oxygens (including phenoxy) is 2. The number of fused-ring (bicyclic) bond motifs is 2. The van der Waals surface area contributed by atoms with Crippen LogP contribution in [0.5, 0.6) is 5.75 Å². The van der Waals surface area contributed by atoms with Crippen molar-refractivity contribution in [3.63, 3.8) is 0 Å². The number of unbranched alkanes of at least 4 members (excludes halogenated alkanes) is 4. The Morgan fingerprint density at radius 3 is 2.93 bits per heavy atom. The highest BCUT2D eigenvalue weighted by Crippen LogP contribution is 2.34. The van der Waals surface area contributed by atoms with Gasteiger partial charge < -0.3 is 20.5 Å². The van der Waals surface area contributed by atoms with Crippen LogP contribution < -0.4 is 15.8 Å². The summed E-state index contributed by atoms with van der Waals surface area (Å²) in [6.07, 6.45) is 9.23. The second-order valence-electron chi connectivity index (χ2n) is 8.46. The fraction of sp³-hybridized carbons (Fsp3) is 0.696. The number of anilines is 1. The van der Waals surface area contributed by atoms with Crippen molar-refractivity contribution in [2.75, 3.05) is 45.1 Å². The van der Waals surface area contributed by atoms with Gasteiger partial charge in [-0.25, -0.2) is 0 Å². The van der Waals surface area contributed by atoms with Crippen LogP contribution in [-0.4, -0.2) is 55.9 Å². The molecule has 2 fully saturated rings. The van der Waals surface area contributed by atoms with Crippen LogP contribution in [0.1, 0.15) is 46.0 Å². The van der Waals surface area contributed by atoms with E-state index in [9.17, 15) is 0 Å². The Kier molecular flexibility index (Phi) is 8.00. The summed E-state index contributed by atoms with van der Waals surface area (Å²) in [5, 5.41) is 3.61. The van der Waals surface area contributed by atoms with Gasteiger partial charge in [0.2, 0.25) is 0 Å². The molecule has 1 aromatic rings. The first kappa shape index (κ1) is 21.4. The van der Waals surface area contributed by atoms with Gasteiger partial charge in [-0.15, -0.1) is 0 Å². The number of rotatable bonds is 11. The smallest absolute Gasteiger partial charge is 0.119 e. The molecule has 157 valence electrons. The van der Waals surface area contributed by atoms with E-state index in [0.717, 1.165) is 44.2 Å². The fourth-order valence-electron chi connectivity index (χ4n) is 4.38. The van der Waals surface area contributed by atoms with Crippen molar-refractivity contribution < 1.29 is 9.47 Å². The number of morpholine rings is 2. The normalized spacial score (nSPS) is 26.1. The molecule has 3 unspecified atom stereocenters. The summed E-state index contributed by atoms with van der Waals surface area (Å²) in [7, 11) is 0. The highest BCUT2D eigenvalue weighted by atomic mass is 16.5. The summed E-state index contributed by atoms with van der Waals surface area (Å²) in [4.78, 5) is 2.52. The molecule has 1 aromatic carbocycles. The molecule has 0 aromatic heterocycles. The molecule has 2 saturated heterocycles. The van der Waals surface area contributed by atoms with E-state index in [2.05, 4.69) is 30.5 Å². The molecule has 0 aliphatic carbocycles. The summed E-state index contributed by atoms with van der Waals surface area (Å²) in [5.41, 5.74) is 6.40. The van der Waals surface area contributed by atoms with Crippen molar-refractivity contribution >= 4 is 5.69 Å². The maximum Gasteiger partial charge on any atom is 0.119 e. The minimum Gasteiger partial charge on any atom is -0.492 e. The summed E-state index contributed by atoms with van der Waals surface area (Å²) in [6, 6.07) is 7.63. The van der Waals surface area contributed by atoms with E-state index in [-0.39, 0.29) is 11.7 Å². The Balaban J connectivity index is 1.48. The summed E-state index contributed by atoms with van der Waals surface area (Å²) in [5.74, 6) is 1.33. The summed E-state index contributed by atoms with van der Waals surface area (Å²) in [6.45, 7) is 10.0. The van der Waals surface area contributed by atoms with Crippen molar-refractivity contribution in [2.45, 2.75) is 57.7 Å². The lowest BCUT2D eigenvalue weighted by Crippen LogP contribution is -2.68. The van der Waals surface area contributed by atoms with Crippen molar-refractivity contribution in [3.05, 3.63) is 30.7 Å². The summed E-state index contributed by atoms with van der Waals surface area (Å²) < 4.78 is 12.5. The van der Waals surface area contributed by atoms with E-state index in [1.807, 2.05) is 24.3 Å². The third kappa shape index (κ3) is 5.85. The lowest BCUT2D eigenvalue weighted by molar-refractivity contribution is -0.190. The van der Waals surface area contributed by atoms with Crippen LogP contribution in [0.25, 0.3) is 0 Å². The molecule has 5 heteroatoms. The highest BCUT2D eigenvalue weighted by molar-refractivity contribution is 5.41. The first-order chi connectivity index (χ1) is 13.6. The van der Waals surface area contributed by atoms with Crippen LogP contribution in [-0.2, 0) is 4.74 Å². The molecule has 3 N–H and O–H groups in total. The van der Waals surface area contributed by atoms with Gasteiger partial charge in [0.1, 0.15) is 12.4 Å². The quantitative estimate of drug-likeness (QED) is 0.449.